The molecule has 0 spiro atoms. The summed E-state index contributed by atoms with van der Waals surface area (Å²) in [4.78, 5) is 2.67. The molecule has 1 rings (SSSR count). The molecule has 0 bridgehead atoms. The van der Waals surface area contributed by atoms with Crippen LogP contribution in [-0.2, 0) is 0 Å². The zero-order valence-electron chi connectivity index (χ0n) is 10.9. The molecule has 1 aliphatic rings. The highest BCUT2D eigenvalue weighted by Crippen LogP contribution is 2.23. The molecule has 2 heteroatoms. The molecule has 2 atom stereocenters. The van der Waals surface area contributed by atoms with Crippen molar-refractivity contribution in [2.45, 2.75) is 58.5 Å². The van der Waals surface area contributed by atoms with E-state index in [-0.39, 0.29) is 0 Å². The van der Waals surface area contributed by atoms with Gasteiger partial charge in [-0.25, -0.2) is 0 Å². The quantitative estimate of drug-likeness (QED) is 0.753. The van der Waals surface area contributed by atoms with Crippen LogP contribution >= 0.6 is 0 Å². The number of nitrogens with one attached hydrogen (secondary N) is 1. The molecule has 0 aliphatic heterocycles. The summed E-state index contributed by atoms with van der Waals surface area (Å²) in [7, 11) is 2.12. The molecule has 1 N–H and O–H groups in total. The first-order valence-electron chi connectivity index (χ1n) is 6.60. The molecule has 2 unspecified atom stereocenters. The first kappa shape index (κ1) is 13.0. The predicted octanol–water partition coefficient (Wildman–Crippen LogP) is 2.49. The summed E-state index contributed by atoms with van der Waals surface area (Å²) in [5, 5.41) is 3.50. The third-order valence-electron chi connectivity index (χ3n) is 3.58. The van der Waals surface area contributed by atoms with E-state index >= 15 is 0 Å². The summed E-state index contributed by atoms with van der Waals surface area (Å²) >= 11 is 0. The van der Waals surface area contributed by atoms with Gasteiger partial charge in [-0.15, -0.1) is 0 Å². The van der Waals surface area contributed by atoms with Crippen LogP contribution in [0.1, 0.15) is 46.5 Å². The second kappa shape index (κ2) is 6.49. The standard InChI is InChI=1S/C13H28N2/c1-5-15(10-11(2)3)13-9-7-6-8-12(13)14-4/h11-14H,5-10H2,1-4H3. The predicted molar refractivity (Wildman–Crippen MR) is 67.2 cm³/mol. The number of hydrogen-bond donors (Lipinski definition) is 1. The van der Waals surface area contributed by atoms with Gasteiger partial charge in [0, 0.05) is 18.6 Å². The Morgan fingerprint density at radius 2 is 1.93 bits per heavy atom. The van der Waals surface area contributed by atoms with Crippen LogP contribution in [0.5, 0.6) is 0 Å². The molecule has 0 aromatic carbocycles. The SMILES string of the molecule is CCN(CC(C)C)C1CCCCC1NC. The van der Waals surface area contributed by atoms with Crippen molar-refractivity contribution < 1.29 is 0 Å². The van der Waals surface area contributed by atoms with Gasteiger partial charge in [0.25, 0.3) is 0 Å². The summed E-state index contributed by atoms with van der Waals surface area (Å²) in [6, 6.07) is 1.49. The van der Waals surface area contributed by atoms with Crippen LogP contribution in [-0.4, -0.2) is 37.1 Å². The Hall–Kier alpha value is -0.0800. The highest BCUT2D eigenvalue weighted by Gasteiger charge is 2.28. The molecule has 2 nitrogen and oxygen atoms in total. The summed E-state index contributed by atoms with van der Waals surface area (Å²) in [5.74, 6) is 0.782. The van der Waals surface area contributed by atoms with Crippen LogP contribution in [0, 0.1) is 5.92 Å². The van der Waals surface area contributed by atoms with Gasteiger partial charge >= 0.3 is 0 Å². The third-order valence-corrected chi connectivity index (χ3v) is 3.58. The minimum absolute atomic E-state index is 0.720. The largest absolute Gasteiger partial charge is 0.315 e. The fourth-order valence-corrected chi connectivity index (χ4v) is 2.85. The monoisotopic (exact) mass is 212 g/mol. The van der Waals surface area contributed by atoms with Crippen molar-refractivity contribution in [2.75, 3.05) is 20.1 Å². The van der Waals surface area contributed by atoms with E-state index in [2.05, 4.69) is 38.0 Å². The minimum Gasteiger partial charge on any atom is -0.315 e. The maximum Gasteiger partial charge on any atom is 0.0249 e. The Morgan fingerprint density at radius 3 is 2.47 bits per heavy atom. The van der Waals surface area contributed by atoms with Crippen LogP contribution < -0.4 is 5.32 Å². The number of hydrogen-bond acceptors (Lipinski definition) is 2. The molecule has 0 aromatic rings. The zero-order valence-corrected chi connectivity index (χ0v) is 10.9. The minimum atomic E-state index is 0.720. The number of nitrogens with zero attached hydrogens (tertiary/aromatic N) is 1. The smallest absolute Gasteiger partial charge is 0.0249 e. The third kappa shape index (κ3) is 3.76. The Balaban J connectivity index is 2.55. The van der Waals surface area contributed by atoms with Gasteiger partial charge in [-0.1, -0.05) is 33.6 Å². The van der Waals surface area contributed by atoms with Crippen LogP contribution in [0.4, 0.5) is 0 Å². The fourth-order valence-electron chi connectivity index (χ4n) is 2.85. The van der Waals surface area contributed by atoms with Gasteiger partial charge < -0.3 is 5.32 Å². The van der Waals surface area contributed by atoms with Crippen molar-refractivity contribution in [3.63, 3.8) is 0 Å². The first-order chi connectivity index (χ1) is 7.19. The lowest BCUT2D eigenvalue weighted by Crippen LogP contribution is -2.51. The summed E-state index contributed by atoms with van der Waals surface area (Å²) < 4.78 is 0. The van der Waals surface area contributed by atoms with Crippen molar-refractivity contribution in [2.24, 2.45) is 5.92 Å². The van der Waals surface area contributed by atoms with Gasteiger partial charge in [0.2, 0.25) is 0 Å². The van der Waals surface area contributed by atoms with Crippen LogP contribution in [0.2, 0.25) is 0 Å². The van der Waals surface area contributed by atoms with Crippen molar-refractivity contribution >= 4 is 0 Å². The average Bonchev–Trinajstić information content (AvgIpc) is 2.25. The fraction of sp³-hybridized carbons (Fsp3) is 1.00. The van der Waals surface area contributed by atoms with E-state index in [4.69, 9.17) is 0 Å². The lowest BCUT2D eigenvalue weighted by atomic mass is 9.89. The van der Waals surface area contributed by atoms with Crippen molar-refractivity contribution in [3.05, 3.63) is 0 Å². The molecular weight excluding hydrogens is 184 g/mol. The Kier molecular flexibility index (Phi) is 5.62. The van der Waals surface area contributed by atoms with Gasteiger partial charge in [0.15, 0.2) is 0 Å². The maximum absolute atomic E-state index is 3.50. The second-order valence-electron chi connectivity index (χ2n) is 5.23. The van der Waals surface area contributed by atoms with E-state index in [1.54, 1.807) is 0 Å². The van der Waals surface area contributed by atoms with E-state index < -0.39 is 0 Å². The molecule has 90 valence electrons. The van der Waals surface area contributed by atoms with E-state index in [1.807, 2.05) is 0 Å². The molecule has 0 saturated heterocycles. The maximum atomic E-state index is 3.50. The van der Waals surface area contributed by atoms with Crippen LogP contribution in [0.3, 0.4) is 0 Å². The Morgan fingerprint density at radius 1 is 1.27 bits per heavy atom. The average molecular weight is 212 g/mol. The molecule has 0 amide bonds. The molecule has 1 aliphatic carbocycles. The van der Waals surface area contributed by atoms with E-state index in [0.717, 1.165) is 18.0 Å². The van der Waals surface area contributed by atoms with Gasteiger partial charge in [-0.05, 0) is 32.4 Å². The van der Waals surface area contributed by atoms with Crippen molar-refractivity contribution in [1.29, 1.82) is 0 Å². The molecule has 15 heavy (non-hydrogen) atoms. The van der Waals surface area contributed by atoms with Crippen LogP contribution in [0.25, 0.3) is 0 Å². The van der Waals surface area contributed by atoms with E-state index in [1.165, 1.54) is 38.8 Å². The number of likely N-dealkylation sites (N-methyl/N-ethyl adjacent to an activating group) is 2. The van der Waals surface area contributed by atoms with Gasteiger partial charge in [-0.2, -0.15) is 0 Å². The Bertz CT molecular complexity index is 168. The molecule has 0 radical (unpaired) electrons. The molecular formula is C13H28N2. The highest BCUT2D eigenvalue weighted by molar-refractivity contribution is 4.87. The highest BCUT2D eigenvalue weighted by atomic mass is 15.2. The van der Waals surface area contributed by atoms with E-state index in [9.17, 15) is 0 Å². The topological polar surface area (TPSA) is 15.3 Å². The van der Waals surface area contributed by atoms with Gasteiger partial charge in [0.1, 0.15) is 0 Å². The van der Waals surface area contributed by atoms with Crippen molar-refractivity contribution in [1.82, 2.24) is 10.2 Å². The molecule has 1 fully saturated rings. The summed E-state index contributed by atoms with van der Waals surface area (Å²) in [5.41, 5.74) is 0. The molecule has 0 heterocycles. The second-order valence-corrected chi connectivity index (χ2v) is 5.23. The van der Waals surface area contributed by atoms with E-state index in [0.29, 0.717) is 0 Å². The first-order valence-corrected chi connectivity index (χ1v) is 6.60. The number of rotatable bonds is 5. The van der Waals surface area contributed by atoms with Gasteiger partial charge in [-0.3, -0.25) is 4.90 Å². The normalized spacial score (nSPS) is 27.6. The molecule has 1 saturated carbocycles. The zero-order chi connectivity index (χ0) is 11.3. The van der Waals surface area contributed by atoms with Crippen LogP contribution in [0.15, 0.2) is 0 Å². The summed E-state index contributed by atoms with van der Waals surface area (Å²) in [6.07, 6.45) is 5.56. The Labute approximate surface area is 95.4 Å². The lowest BCUT2D eigenvalue weighted by Gasteiger charge is -2.40. The summed E-state index contributed by atoms with van der Waals surface area (Å²) in [6.45, 7) is 9.38. The lowest BCUT2D eigenvalue weighted by molar-refractivity contribution is 0.118. The van der Waals surface area contributed by atoms with Crippen molar-refractivity contribution in [3.8, 4) is 0 Å². The molecule has 0 aromatic heterocycles. The van der Waals surface area contributed by atoms with Gasteiger partial charge in [0.05, 0.1) is 0 Å².